The molecule has 102 valence electrons. The summed E-state index contributed by atoms with van der Waals surface area (Å²) in [5.74, 6) is -0.465. The standard InChI is InChI=1S/C16H16FN3/c1-20(9-7-15-4-2-3-8-19-15)12-13-5-6-16(17)14(10-13)11-18/h2-6,8,10H,7,9,12H2,1H3. The van der Waals surface area contributed by atoms with Crippen molar-refractivity contribution in [3.05, 3.63) is 65.2 Å². The first-order valence-electron chi connectivity index (χ1n) is 6.46. The number of benzene rings is 1. The molecule has 1 aromatic carbocycles. The molecule has 3 nitrogen and oxygen atoms in total. The number of likely N-dealkylation sites (N-methyl/N-ethyl adjacent to an activating group) is 1. The maximum Gasteiger partial charge on any atom is 0.140 e. The Morgan fingerprint density at radius 1 is 1.30 bits per heavy atom. The minimum Gasteiger partial charge on any atom is -0.302 e. The van der Waals surface area contributed by atoms with Gasteiger partial charge in [-0.15, -0.1) is 0 Å². The van der Waals surface area contributed by atoms with Gasteiger partial charge in [0.2, 0.25) is 0 Å². The van der Waals surface area contributed by atoms with E-state index in [0.717, 1.165) is 24.2 Å². The van der Waals surface area contributed by atoms with E-state index in [1.165, 1.54) is 6.07 Å². The van der Waals surface area contributed by atoms with Gasteiger partial charge in [-0.3, -0.25) is 4.98 Å². The molecule has 0 amide bonds. The molecule has 0 N–H and O–H groups in total. The first-order valence-corrected chi connectivity index (χ1v) is 6.46. The van der Waals surface area contributed by atoms with Crippen molar-refractivity contribution >= 4 is 0 Å². The SMILES string of the molecule is CN(CCc1ccccn1)Cc1ccc(F)c(C#N)c1. The van der Waals surface area contributed by atoms with Gasteiger partial charge in [0.25, 0.3) is 0 Å². The number of aromatic nitrogens is 1. The Morgan fingerprint density at radius 2 is 2.15 bits per heavy atom. The zero-order valence-corrected chi connectivity index (χ0v) is 11.4. The minimum absolute atomic E-state index is 0.0978. The van der Waals surface area contributed by atoms with Crippen LogP contribution in [0.2, 0.25) is 0 Å². The highest BCUT2D eigenvalue weighted by Crippen LogP contribution is 2.11. The summed E-state index contributed by atoms with van der Waals surface area (Å²) in [6, 6.07) is 12.4. The zero-order chi connectivity index (χ0) is 14.4. The van der Waals surface area contributed by atoms with Gasteiger partial charge in [0, 0.05) is 31.4 Å². The van der Waals surface area contributed by atoms with Crippen LogP contribution in [0.25, 0.3) is 0 Å². The molecule has 0 aliphatic heterocycles. The Labute approximate surface area is 118 Å². The third-order valence-corrected chi connectivity index (χ3v) is 3.08. The van der Waals surface area contributed by atoms with Crippen LogP contribution in [0, 0.1) is 17.1 Å². The largest absolute Gasteiger partial charge is 0.302 e. The summed E-state index contributed by atoms with van der Waals surface area (Å²) >= 11 is 0. The Morgan fingerprint density at radius 3 is 2.85 bits per heavy atom. The van der Waals surface area contributed by atoms with Crippen LogP contribution >= 0.6 is 0 Å². The number of pyridine rings is 1. The quantitative estimate of drug-likeness (QED) is 0.838. The molecule has 0 bridgehead atoms. The molecule has 2 rings (SSSR count). The number of nitrogens with zero attached hydrogens (tertiary/aromatic N) is 3. The molecule has 0 fully saturated rings. The monoisotopic (exact) mass is 269 g/mol. The summed E-state index contributed by atoms with van der Waals surface area (Å²) in [7, 11) is 2.00. The van der Waals surface area contributed by atoms with Crippen LogP contribution in [0.5, 0.6) is 0 Å². The van der Waals surface area contributed by atoms with Gasteiger partial charge in [0.1, 0.15) is 11.9 Å². The lowest BCUT2D eigenvalue weighted by molar-refractivity contribution is 0.330. The fourth-order valence-corrected chi connectivity index (χ4v) is 2.00. The van der Waals surface area contributed by atoms with Gasteiger partial charge in [-0.2, -0.15) is 5.26 Å². The summed E-state index contributed by atoms with van der Waals surface area (Å²) in [5, 5.41) is 8.82. The fourth-order valence-electron chi connectivity index (χ4n) is 2.00. The topological polar surface area (TPSA) is 39.9 Å². The Hall–Kier alpha value is -2.25. The Balaban J connectivity index is 1.91. The molecular formula is C16H16FN3. The number of nitriles is 1. The van der Waals surface area contributed by atoms with E-state index >= 15 is 0 Å². The molecule has 0 aliphatic rings. The van der Waals surface area contributed by atoms with Gasteiger partial charge in [-0.25, -0.2) is 4.39 Å². The van der Waals surface area contributed by atoms with Crippen molar-refractivity contribution in [2.45, 2.75) is 13.0 Å². The van der Waals surface area contributed by atoms with Crippen molar-refractivity contribution in [1.29, 1.82) is 5.26 Å². The highest BCUT2D eigenvalue weighted by molar-refractivity contribution is 5.34. The van der Waals surface area contributed by atoms with Gasteiger partial charge in [-0.1, -0.05) is 12.1 Å². The molecule has 0 spiro atoms. The number of hydrogen-bond donors (Lipinski definition) is 0. The molecule has 2 aromatic rings. The average Bonchev–Trinajstić information content (AvgIpc) is 2.48. The van der Waals surface area contributed by atoms with E-state index in [1.54, 1.807) is 18.3 Å². The lowest BCUT2D eigenvalue weighted by Crippen LogP contribution is -2.21. The number of halogens is 1. The van der Waals surface area contributed by atoms with E-state index in [0.29, 0.717) is 6.54 Å². The molecule has 4 heteroatoms. The smallest absolute Gasteiger partial charge is 0.140 e. The van der Waals surface area contributed by atoms with Crippen LogP contribution in [0.1, 0.15) is 16.8 Å². The van der Waals surface area contributed by atoms with Crippen molar-refractivity contribution in [2.75, 3.05) is 13.6 Å². The van der Waals surface area contributed by atoms with E-state index in [-0.39, 0.29) is 5.56 Å². The van der Waals surface area contributed by atoms with Crippen molar-refractivity contribution in [2.24, 2.45) is 0 Å². The summed E-state index contributed by atoms with van der Waals surface area (Å²) in [6.45, 7) is 1.54. The molecule has 0 radical (unpaired) electrons. The fraction of sp³-hybridized carbons (Fsp3) is 0.250. The van der Waals surface area contributed by atoms with Gasteiger partial charge in [0.05, 0.1) is 5.56 Å². The second kappa shape index (κ2) is 6.78. The van der Waals surface area contributed by atoms with Crippen LogP contribution in [0.15, 0.2) is 42.6 Å². The van der Waals surface area contributed by atoms with E-state index in [1.807, 2.05) is 31.3 Å². The lowest BCUT2D eigenvalue weighted by Gasteiger charge is -2.16. The Kier molecular flexibility index (Phi) is 4.80. The van der Waals surface area contributed by atoms with Crippen LogP contribution in [-0.2, 0) is 13.0 Å². The van der Waals surface area contributed by atoms with E-state index < -0.39 is 5.82 Å². The summed E-state index contributed by atoms with van der Waals surface area (Å²) in [4.78, 5) is 6.41. The van der Waals surface area contributed by atoms with Gasteiger partial charge >= 0.3 is 0 Å². The van der Waals surface area contributed by atoms with E-state index in [2.05, 4.69) is 9.88 Å². The zero-order valence-electron chi connectivity index (χ0n) is 11.4. The molecular weight excluding hydrogens is 253 g/mol. The molecule has 1 aromatic heterocycles. The molecule has 0 saturated carbocycles. The summed E-state index contributed by atoms with van der Waals surface area (Å²) < 4.78 is 13.2. The molecule has 0 atom stereocenters. The van der Waals surface area contributed by atoms with Crippen LogP contribution in [0.3, 0.4) is 0 Å². The summed E-state index contributed by atoms with van der Waals surface area (Å²) in [6.07, 6.45) is 2.65. The second-order valence-electron chi connectivity index (χ2n) is 4.73. The third kappa shape index (κ3) is 3.87. The van der Waals surface area contributed by atoms with E-state index in [4.69, 9.17) is 5.26 Å². The molecule has 1 heterocycles. The molecule has 0 saturated heterocycles. The van der Waals surface area contributed by atoms with Gasteiger partial charge in [-0.05, 0) is 36.9 Å². The summed E-state index contributed by atoms with van der Waals surface area (Å²) in [5.41, 5.74) is 2.09. The average molecular weight is 269 g/mol. The van der Waals surface area contributed by atoms with Gasteiger partial charge in [0.15, 0.2) is 0 Å². The second-order valence-corrected chi connectivity index (χ2v) is 4.73. The van der Waals surface area contributed by atoms with E-state index in [9.17, 15) is 4.39 Å². The van der Waals surface area contributed by atoms with Crippen LogP contribution in [0.4, 0.5) is 4.39 Å². The predicted octanol–water partition coefficient (Wildman–Crippen LogP) is 2.77. The lowest BCUT2D eigenvalue weighted by atomic mass is 10.1. The third-order valence-electron chi connectivity index (χ3n) is 3.08. The normalized spacial score (nSPS) is 10.5. The highest BCUT2D eigenvalue weighted by Gasteiger charge is 2.05. The van der Waals surface area contributed by atoms with Crippen LogP contribution in [-0.4, -0.2) is 23.5 Å². The van der Waals surface area contributed by atoms with Crippen LogP contribution < -0.4 is 0 Å². The van der Waals surface area contributed by atoms with Crippen molar-refractivity contribution < 1.29 is 4.39 Å². The maximum atomic E-state index is 13.2. The highest BCUT2D eigenvalue weighted by atomic mass is 19.1. The maximum absolute atomic E-state index is 13.2. The van der Waals surface area contributed by atoms with Crippen molar-refractivity contribution in [1.82, 2.24) is 9.88 Å². The first kappa shape index (κ1) is 14.2. The van der Waals surface area contributed by atoms with Gasteiger partial charge < -0.3 is 4.90 Å². The molecule has 0 unspecified atom stereocenters. The van der Waals surface area contributed by atoms with Crippen molar-refractivity contribution in [3.63, 3.8) is 0 Å². The predicted molar refractivity (Wildman–Crippen MR) is 75.4 cm³/mol. The van der Waals surface area contributed by atoms with Crippen molar-refractivity contribution in [3.8, 4) is 6.07 Å². The number of rotatable bonds is 5. The molecule has 0 aliphatic carbocycles. The number of hydrogen-bond acceptors (Lipinski definition) is 3. The molecule has 20 heavy (non-hydrogen) atoms. The first-order chi connectivity index (χ1) is 9.69. The minimum atomic E-state index is -0.465. The Bertz CT molecular complexity index is 605.